The number of nitrogens with zero attached hydrogens (tertiary/aromatic N) is 4. The maximum absolute atomic E-state index is 11.6. The summed E-state index contributed by atoms with van der Waals surface area (Å²) in [5.41, 5.74) is 1.23. The van der Waals surface area contributed by atoms with Crippen molar-refractivity contribution in [1.29, 1.82) is 0 Å². The first-order valence-corrected chi connectivity index (χ1v) is 11.9. The second-order valence-electron chi connectivity index (χ2n) is 9.27. The van der Waals surface area contributed by atoms with E-state index >= 15 is 0 Å². The molecule has 0 radical (unpaired) electrons. The van der Waals surface area contributed by atoms with Crippen LogP contribution in [0.4, 0.5) is 0 Å². The zero-order chi connectivity index (χ0) is 21.6. The van der Waals surface area contributed by atoms with Gasteiger partial charge in [-0.1, -0.05) is 18.6 Å². The van der Waals surface area contributed by atoms with Gasteiger partial charge in [0, 0.05) is 65.3 Å². The SMILES string of the molecule is CC(=O)N1CCN([C@H]2CN(Cc3cccc(OCCN4CCCCC4)c3)C[C@@H]2O)CC1. The third kappa shape index (κ3) is 6.19. The Morgan fingerprint density at radius 1 is 1.03 bits per heavy atom. The van der Waals surface area contributed by atoms with Crippen molar-refractivity contribution in [2.45, 2.75) is 44.9 Å². The summed E-state index contributed by atoms with van der Waals surface area (Å²) in [5.74, 6) is 1.08. The van der Waals surface area contributed by atoms with Crippen LogP contribution in [-0.4, -0.2) is 108 Å². The van der Waals surface area contributed by atoms with E-state index in [9.17, 15) is 9.90 Å². The molecular weight excluding hydrogens is 392 g/mol. The van der Waals surface area contributed by atoms with Crippen molar-refractivity contribution in [3.8, 4) is 5.75 Å². The van der Waals surface area contributed by atoms with E-state index in [1.54, 1.807) is 6.92 Å². The molecule has 0 spiro atoms. The van der Waals surface area contributed by atoms with E-state index in [-0.39, 0.29) is 18.1 Å². The van der Waals surface area contributed by atoms with Gasteiger partial charge in [0.05, 0.1) is 6.10 Å². The Bertz CT molecular complexity index is 717. The minimum absolute atomic E-state index is 0.145. The first-order valence-electron chi connectivity index (χ1n) is 11.9. The monoisotopic (exact) mass is 430 g/mol. The van der Waals surface area contributed by atoms with Gasteiger partial charge in [0.2, 0.25) is 5.91 Å². The largest absolute Gasteiger partial charge is 0.492 e. The average Bonchev–Trinajstić information content (AvgIpc) is 3.14. The fourth-order valence-corrected chi connectivity index (χ4v) is 5.17. The van der Waals surface area contributed by atoms with Gasteiger partial charge in [0.15, 0.2) is 0 Å². The molecule has 3 aliphatic rings. The molecule has 7 nitrogen and oxygen atoms in total. The lowest BCUT2D eigenvalue weighted by Crippen LogP contribution is -2.54. The number of hydrogen-bond acceptors (Lipinski definition) is 6. The first kappa shape index (κ1) is 22.5. The van der Waals surface area contributed by atoms with Gasteiger partial charge in [0.25, 0.3) is 0 Å². The molecule has 0 aromatic heterocycles. The molecule has 1 amide bonds. The molecule has 7 heteroatoms. The number of benzene rings is 1. The van der Waals surface area contributed by atoms with Crippen LogP contribution in [0.15, 0.2) is 24.3 Å². The number of β-amino-alcohol motifs (C(OH)–C–C–N with tert-alkyl or cyclic N) is 1. The summed E-state index contributed by atoms with van der Waals surface area (Å²) < 4.78 is 6.03. The summed E-state index contributed by atoms with van der Waals surface area (Å²) in [6, 6.07) is 8.54. The molecule has 3 fully saturated rings. The first-order chi connectivity index (χ1) is 15.1. The van der Waals surface area contributed by atoms with Crippen molar-refractivity contribution >= 4 is 5.91 Å². The van der Waals surface area contributed by atoms with Gasteiger partial charge in [-0.05, 0) is 43.6 Å². The molecule has 3 heterocycles. The van der Waals surface area contributed by atoms with Crippen LogP contribution in [0.25, 0.3) is 0 Å². The average molecular weight is 431 g/mol. The summed E-state index contributed by atoms with van der Waals surface area (Å²) in [5, 5.41) is 10.7. The number of carbonyl (C=O) groups excluding carboxylic acids is 1. The predicted octanol–water partition coefficient (Wildman–Crippen LogP) is 1.26. The Hall–Kier alpha value is -1.67. The van der Waals surface area contributed by atoms with Crippen LogP contribution in [0.2, 0.25) is 0 Å². The van der Waals surface area contributed by atoms with Crippen molar-refractivity contribution in [3.05, 3.63) is 29.8 Å². The topological polar surface area (TPSA) is 59.5 Å². The van der Waals surface area contributed by atoms with Crippen LogP contribution < -0.4 is 4.74 Å². The lowest BCUT2D eigenvalue weighted by molar-refractivity contribution is -0.131. The smallest absolute Gasteiger partial charge is 0.219 e. The zero-order valence-corrected chi connectivity index (χ0v) is 18.9. The number of likely N-dealkylation sites (tertiary alicyclic amines) is 2. The number of hydrogen-bond donors (Lipinski definition) is 1. The quantitative estimate of drug-likeness (QED) is 0.703. The molecule has 3 saturated heterocycles. The van der Waals surface area contributed by atoms with Crippen molar-refractivity contribution in [1.82, 2.24) is 19.6 Å². The standard InChI is InChI=1S/C24H38N4O3/c1-20(29)27-10-12-28(13-11-27)23-18-26(19-24(23)30)17-21-6-5-7-22(16-21)31-15-14-25-8-3-2-4-9-25/h5-7,16,23-24,30H,2-4,8-15,17-19H2,1H3/t23-,24-/m0/s1. The molecule has 31 heavy (non-hydrogen) atoms. The van der Waals surface area contributed by atoms with E-state index in [0.717, 1.165) is 58.2 Å². The van der Waals surface area contributed by atoms with Gasteiger partial charge < -0.3 is 14.7 Å². The van der Waals surface area contributed by atoms with Gasteiger partial charge >= 0.3 is 0 Å². The molecule has 0 saturated carbocycles. The predicted molar refractivity (Wildman–Crippen MR) is 121 cm³/mol. The number of amides is 1. The normalized spacial score (nSPS) is 26.3. The number of piperazine rings is 1. The third-order valence-corrected chi connectivity index (χ3v) is 6.99. The Kier molecular flexibility index (Phi) is 7.82. The lowest BCUT2D eigenvalue weighted by Gasteiger charge is -2.38. The number of piperidine rings is 1. The van der Waals surface area contributed by atoms with Gasteiger partial charge in [-0.25, -0.2) is 0 Å². The number of aliphatic hydroxyl groups excluding tert-OH is 1. The molecule has 172 valence electrons. The highest BCUT2D eigenvalue weighted by molar-refractivity contribution is 5.73. The van der Waals surface area contributed by atoms with Crippen LogP contribution in [0.1, 0.15) is 31.7 Å². The van der Waals surface area contributed by atoms with Crippen LogP contribution in [-0.2, 0) is 11.3 Å². The summed E-state index contributed by atoms with van der Waals surface area (Å²) in [4.78, 5) is 20.6. The van der Waals surface area contributed by atoms with Gasteiger partial charge in [0.1, 0.15) is 12.4 Å². The van der Waals surface area contributed by atoms with Crippen molar-refractivity contribution in [3.63, 3.8) is 0 Å². The van der Waals surface area contributed by atoms with E-state index in [0.29, 0.717) is 6.54 Å². The van der Waals surface area contributed by atoms with E-state index in [1.165, 1.54) is 37.9 Å². The van der Waals surface area contributed by atoms with Gasteiger partial charge in [-0.2, -0.15) is 0 Å². The second kappa shape index (κ2) is 10.8. The number of aliphatic hydroxyl groups is 1. The molecular formula is C24H38N4O3. The number of ether oxygens (including phenoxy) is 1. The van der Waals surface area contributed by atoms with Crippen LogP contribution in [0.3, 0.4) is 0 Å². The van der Waals surface area contributed by atoms with Crippen LogP contribution in [0, 0.1) is 0 Å². The van der Waals surface area contributed by atoms with Crippen molar-refractivity contribution in [2.75, 3.05) is 65.5 Å². The molecule has 1 aromatic rings. The molecule has 0 unspecified atom stereocenters. The maximum atomic E-state index is 11.6. The van der Waals surface area contributed by atoms with Crippen molar-refractivity contribution in [2.24, 2.45) is 0 Å². The van der Waals surface area contributed by atoms with Crippen LogP contribution >= 0.6 is 0 Å². The third-order valence-electron chi connectivity index (χ3n) is 6.99. The number of carbonyl (C=O) groups is 1. The summed E-state index contributed by atoms with van der Waals surface area (Å²) in [7, 11) is 0. The Labute approximate surface area is 186 Å². The van der Waals surface area contributed by atoms with E-state index in [4.69, 9.17) is 4.74 Å². The van der Waals surface area contributed by atoms with Gasteiger partial charge in [-0.15, -0.1) is 0 Å². The molecule has 3 aliphatic heterocycles. The molecule has 2 atom stereocenters. The Balaban J connectivity index is 1.24. The van der Waals surface area contributed by atoms with Gasteiger partial charge in [-0.3, -0.25) is 19.5 Å². The van der Waals surface area contributed by atoms with E-state index < -0.39 is 0 Å². The molecule has 1 aromatic carbocycles. The molecule has 1 N–H and O–H groups in total. The molecule has 0 aliphatic carbocycles. The second-order valence-corrected chi connectivity index (χ2v) is 9.27. The Morgan fingerprint density at radius 3 is 2.55 bits per heavy atom. The van der Waals surface area contributed by atoms with E-state index in [2.05, 4.69) is 32.9 Å². The summed E-state index contributed by atoms with van der Waals surface area (Å²) in [6.45, 7) is 11.4. The highest BCUT2D eigenvalue weighted by Crippen LogP contribution is 2.22. The highest BCUT2D eigenvalue weighted by Gasteiger charge is 2.36. The summed E-state index contributed by atoms with van der Waals surface area (Å²) >= 11 is 0. The minimum Gasteiger partial charge on any atom is -0.492 e. The molecule has 0 bridgehead atoms. The van der Waals surface area contributed by atoms with Crippen molar-refractivity contribution < 1.29 is 14.6 Å². The lowest BCUT2D eigenvalue weighted by atomic mass is 10.1. The highest BCUT2D eigenvalue weighted by atomic mass is 16.5. The van der Waals surface area contributed by atoms with E-state index in [1.807, 2.05) is 11.0 Å². The Morgan fingerprint density at radius 2 is 1.81 bits per heavy atom. The summed E-state index contributed by atoms with van der Waals surface area (Å²) in [6.07, 6.45) is 3.64. The number of rotatable bonds is 7. The fraction of sp³-hybridized carbons (Fsp3) is 0.708. The van der Waals surface area contributed by atoms with Crippen LogP contribution in [0.5, 0.6) is 5.75 Å². The maximum Gasteiger partial charge on any atom is 0.219 e. The minimum atomic E-state index is -0.340. The molecule has 4 rings (SSSR count). The zero-order valence-electron chi connectivity index (χ0n) is 18.9. The fourth-order valence-electron chi connectivity index (χ4n) is 5.17.